The first kappa shape index (κ1) is 33.5. The maximum absolute atomic E-state index is 15.1. The SMILES string of the molecule is CCCCCc1ccc(C(F)(F)OC2CCC(c3ccc(-c4ccc(-c5cc(F)c(C(F)=CF)c(F)c5)c(F)c4)cc3)CC2)cc1. The normalized spacial score (nSPS) is 17.3. The molecule has 0 aliphatic heterocycles. The minimum Gasteiger partial charge on any atom is -0.313 e. The molecule has 5 rings (SSSR count). The summed E-state index contributed by atoms with van der Waals surface area (Å²) in [6.07, 6.45) is 2.07. The molecule has 0 atom stereocenters. The summed E-state index contributed by atoms with van der Waals surface area (Å²) in [6, 6.07) is 19.7. The van der Waals surface area contributed by atoms with Gasteiger partial charge >= 0.3 is 6.11 Å². The highest BCUT2D eigenvalue weighted by Crippen LogP contribution is 2.40. The van der Waals surface area contributed by atoms with Crippen LogP contribution in [0.25, 0.3) is 28.1 Å². The van der Waals surface area contributed by atoms with Gasteiger partial charge in [-0.2, -0.15) is 8.78 Å². The zero-order valence-electron chi connectivity index (χ0n) is 25.4. The Bertz CT molecular complexity index is 1630. The Labute approximate surface area is 264 Å². The summed E-state index contributed by atoms with van der Waals surface area (Å²) >= 11 is 0. The summed E-state index contributed by atoms with van der Waals surface area (Å²) in [5, 5.41) is 0. The number of hydrogen-bond acceptors (Lipinski definition) is 1. The van der Waals surface area contributed by atoms with Gasteiger partial charge in [0, 0.05) is 5.56 Å². The Hall–Kier alpha value is -3.91. The zero-order valence-corrected chi connectivity index (χ0v) is 25.4. The van der Waals surface area contributed by atoms with E-state index in [0.717, 1.165) is 48.9 Å². The van der Waals surface area contributed by atoms with Gasteiger partial charge in [-0.3, -0.25) is 0 Å². The van der Waals surface area contributed by atoms with Crippen molar-refractivity contribution in [3.05, 3.63) is 125 Å². The lowest BCUT2D eigenvalue weighted by atomic mass is 9.82. The molecule has 0 aromatic heterocycles. The van der Waals surface area contributed by atoms with Gasteiger partial charge in [-0.1, -0.05) is 80.4 Å². The number of ether oxygens (including phenoxy) is 1. The van der Waals surface area contributed by atoms with Gasteiger partial charge in [0.1, 0.15) is 23.8 Å². The largest absolute Gasteiger partial charge is 0.383 e. The minimum absolute atomic E-state index is 0.0988. The molecule has 242 valence electrons. The van der Waals surface area contributed by atoms with Crippen molar-refractivity contribution in [1.82, 2.24) is 0 Å². The van der Waals surface area contributed by atoms with Gasteiger partial charge in [-0.25, -0.2) is 22.0 Å². The van der Waals surface area contributed by atoms with E-state index < -0.39 is 47.4 Å². The van der Waals surface area contributed by atoms with Crippen molar-refractivity contribution < 1.29 is 35.5 Å². The van der Waals surface area contributed by atoms with Crippen molar-refractivity contribution in [2.75, 3.05) is 0 Å². The van der Waals surface area contributed by atoms with Gasteiger partial charge < -0.3 is 4.74 Å². The van der Waals surface area contributed by atoms with Crippen molar-refractivity contribution in [3.63, 3.8) is 0 Å². The van der Waals surface area contributed by atoms with E-state index in [1.807, 2.05) is 24.3 Å². The Morgan fingerprint density at radius 3 is 1.96 bits per heavy atom. The molecule has 0 unspecified atom stereocenters. The van der Waals surface area contributed by atoms with E-state index in [9.17, 15) is 26.3 Å². The molecule has 0 bridgehead atoms. The quantitative estimate of drug-likeness (QED) is 0.117. The molecule has 0 radical (unpaired) electrons. The number of halogens is 7. The fourth-order valence-corrected chi connectivity index (χ4v) is 6.12. The lowest BCUT2D eigenvalue weighted by Crippen LogP contribution is -2.29. The van der Waals surface area contributed by atoms with E-state index in [0.29, 0.717) is 36.8 Å². The summed E-state index contributed by atoms with van der Waals surface area (Å²) < 4.78 is 105. The van der Waals surface area contributed by atoms with Crippen LogP contribution in [0.5, 0.6) is 0 Å². The fraction of sp³-hybridized carbons (Fsp3) is 0.316. The summed E-state index contributed by atoms with van der Waals surface area (Å²) in [7, 11) is 0. The van der Waals surface area contributed by atoms with Crippen molar-refractivity contribution in [3.8, 4) is 22.3 Å². The van der Waals surface area contributed by atoms with Gasteiger partial charge in [0.25, 0.3) is 0 Å². The smallest absolute Gasteiger partial charge is 0.313 e. The van der Waals surface area contributed by atoms with Crippen LogP contribution >= 0.6 is 0 Å². The van der Waals surface area contributed by atoms with Crippen molar-refractivity contribution >= 4 is 5.83 Å². The number of rotatable bonds is 11. The van der Waals surface area contributed by atoms with E-state index in [1.165, 1.54) is 24.3 Å². The molecule has 0 amide bonds. The molecule has 1 fully saturated rings. The molecule has 0 saturated heterocycles. The zero-order chi connectivity index (χ0) is 32.8. The third-order valence-electron chi connectivity index (χ3n) is 8.72. The van der Waals surface area contributed by atoms with Crippen LogP contribution in [0.3, 0.4) is 0 Å². The van der Waals surface area contributed by atoms with Gasteiger partial charge in [0.05, 0.1) is 17.2 Å². The molecule has 46 heavy (non-hydrogen) atoms. The second kappa shape index (κ2) is 14.7. The highest BCUT2D eigenvalue weighted by molar-refractivity contribution is 5.73. The molecule has 1 aliphatic rings. The average Bonchev–Trinajstić information content (AvgIpc) is 3.05. The maximum atomic E-state index is 15.1. The molecule has 0 spiro atoms. The molecule has 0 heterocycles. The van der Waals surface area contributed by atoms with Crippen LogP contribution < -0.4 is 0 Å². The molecule has 4 aromatic carbocycles. The first-order valence-corrected chi connectivity index (χ1v) is 15.6. The maximum Gasteiger partial charge on any atom is 0.383 e. The molecular weight excluding hydrogens is 605 g/mol. The first-order valence-electron chi connectivity index (χ1n) is 15.6. The van der Waals surface area contributed by atoms with Crippen LogP contribution in [0.4, 0.5) is 30.7 Å². The first-order chi connectivity index (χ1) is 22.1. The molecule has 1 saturated carbocycles. The summed E-state index contributed by atoms with van der Waals surface area (Å²) in [6.45, 7) is 2.12. The van der Waals surface area contributed by atoms with Crippen LogP contribution in [0.15, 0.2) is 85.2 Å². The minimum atomic E-state index is -3.36. The number of unbranched alkanes of at least 4 members (excludes halogenated alkanes) is 2. The predicted octanol–water partition coefficient (Wildman–Crippen LogP) is 12.2. The Morgan fingerprint density at radius 1 is 0.761 bits per heavy atom. The molecular formula is C38H35F7O. The van der Waals surface area contributed by atoms with Gasteiger partial charge in [0.15, 0.2) is 5.83 Å². The third-order valence-corrected chi connectivity index (χ3v) is 8.72. The van der Waals surface area contributed by atoms with Crippen LogP contribution in [0.1, 0.15) is 80.0 Å². The van der Waals surface area contributed by atoms with Crippen LogP contribution in [-0.2, 0) is 17.3 Å². The molecule has 1 nitrogen and oxygen atoms in total. The second-order valence-electron chi connectivity index (χ2n) is 11.9. The number of hydrogen-bond donors (Lipinski definition) is 0. The standard InChI is InChI=1S/C38H35F7O/c1-2-3-4-5-24-6-15-30(16-7-24)38(44,45)46-31-17-12-26(13-18-31)25-8-10-27(11-9-25)28-14-19-32(33(40)20-28)29-21-34(41)37(35(42)22-29)36(43)23-39/h6-11,14-16,19-23,26,31H,2-5,12-13,17-18H2,1H3. The van der Waals surface area contributed by atoms with Crippen molar-refractivity contribution in [2.45, 2.75) is 76.4 Å². The van der Waals surface area contributed by atoms with Crippen molar-refractivity contribution in [1.29, 1.82) is 0 Å². The number of benzene rings is 4. The highest BCUT2D eigenvalue weighted by Gasteiger charge is 2.37. The van der Waals surface area contributed by atoms with E-state index in [-0.39, 0.29) is 22.6 Å². The Balaban J connectivity index is 1.19. The molecule has 0 N–H and O–H groups in total. The van der Waals surface area contributed by atoms with Gasteiger partial charge in [-0.15, -0.1) is 0 Å². The monoisotopic (exact) mass is 640 g/mol. The fourth-order valence-electron chi connectivity index (χ4n) is 6.12. The van der Waals surface area contributed by atoms with E-state index in [4.69, 9.17) is 4.74 Å². The summed E-state index contributed by atoms with van der Waals surface area (Å²) in [5.41, 5.74) is 1.80. The molecule has 8 heteroatoms. The second-order valence-corrected chi connectivity index (χ2v) is 11.9. The van der Waals surface area contributed by atoms with Crippen LogP contribution in [-0.4, -0.2) is 6.10 Å². The number of aryl methyl sites for hydroxylation is 1. The van der Waals surface area contributed by atoms with Crippen LogP contribution in [0.2, 0.25) is 0 Å². The molecule has 1 aliphatic carbocycles. The van der Waals surface area contributed by atoms with Gasteiger partial charge in [-0.05, 0) is 90.5 Å². The number of alkyl halides is 2. The Kier molecular flexibility index (Phi) is 10.7. The third kappa shape index (κ3) is 7.72. The van der Waals surface area contributed by atoms with E-state index in [2.05, 4.69) is 6.92 Å². The lowest BCUT2D eigenvalue weighted by molar-refractivity contribution is -0.277. The predicted molar refractivity (Wildman–Crippen MR) is 167 cm³/mol. The van der Waals surface area contributed by atoms with Crippen LogP contribution in [0, 0.1) is 17.5 Å². The summed E-state index contributed by atoms with van der Waals surface area (Å²) in [4.78, 5) is 0. The topological polar surface area (TPSA) is 9.23 Å². The Morgan fingerprint density at radius 2 is 1.37 bits per heavy atom. The average molecular weight is 641 g/mol. The molecule has 4 aromatic rings. The lowest BCUT2D eigenvalue weighted by Gasteiger charge is -2.31. The summed E-state index contributed by atoms with van der Waals surface area (Å²) in [5.74, 6) is -4.96. The highest BCUT2D eigenvalue weighted by atomic mass is 19.3. The van der Waals surface area contributed by atoms with Crippen molar-refractivity contribution in [2.24, 2.45) is 0 Å². The van der Waals surface area contributed by atoms with E-state index >= 15 is 4.39 Å². The van der Waals surface area contributed by atoms with Gasteiger partial charge in [0.2, 0.25) is 0 Å². The van der Waals surface area contributed by atoms with E-state index in [1.54, 1.807) is 18.2 Å².